The number of para-hydroxylation sites is 1. The number of methoxy groups -OCH3 is 1. The summed E-state index contributed by atoms with van der Waals surface area (Å²) < 4.78 is 16.1. The molecule has 8 heteroatoms. The molecule has 0 aliphatic carbocycles. The van der Waals surface area contributed by atoms with E-state index in [-0.39, 0.29) is 18.7 Å². The first-order chi connectivity index (χ1) is 14.2. The van der Waals surface area contributed by atoms with Crippen LogP contribution in [0.25, 0.3) is 10.9 Å². The fraction of sp³-hybridized carbons (Fsp3) is 0.500. The predicted octanol–water partition coefficient (Wildman–Crippen LogP) is 3.84. The van der Waals surface area contributed by atoms with Crippen molar-refractivity contribution in [1.29, 1.82) is 0 Å². The number of anilines is 1. The third-order valence-corrected chi connectivity index (χ3v) is 4.76. The number of pyridine rings is 1. The number of aromatic nitrogens is 1. The minimum absolute atomic E-state index is 0.0394. The molecule has 1 aromatic carbocycles. The largest absolute Gasteiger partial charge is 0.494 e. The summed E-state index contributed by atoms with van der Waals surface area (Å²) in [5.41, 5.74) is 1.09. The summed E-state index contributed by atoms with van der Waals surface area (Å²) in [7, 11) is 1.58. The van der Waals surface area contributed by atoms with Gasteiger partial charge in [0.2, 0.25) is 0 Å². The van der Waals surface area contributed by atoms with Gasteiger partial charge < -0.3 is 24.4 Å². The highest BCUT2D eigenvalue weighted by molar-refractivity contribution is 6.06. The van der Waals surface area contributed by atoms with Crippen LogP contribution in [0.15, 0.2) is 24.4 Å². The van der Waals surface area contributed by atoms with Crippen molar-refractivity contribution in [3.8, 4) is 5.75 Å². The van der Waals surface area contributed by atoms with E-state index >= 15 is 0 Å². The van der Waals surface area contributed by atoms with Gasteiger partial charge in [0.05, 0.1) is 19.4 Å². The molecule has 1 saturated heterocycles. The van der Waals surface area contributed by atoms with Crippen molar-refractivity contribution in [3.63, 3.8) is 0 Å². The summed E-state index contributed by atoms with van der Waals surface area (Å²) in [5.74, 6) is 0.173. The Morgan fingerprint density at radius 1 is 1.30 bits per heavy atom. The van der Waals surface area contributed by atoms with Crippen LogP contribution in [-0.4, -0.2) is 60.4 Å². The van der Waals surface area contributed by atoms with E-state index in [0.717, 1.165) is 11.8 Å². The van der Waals surface area contributed by atoms with E-state index in [9.17, 15) is 9.59 Å². The number of ether oxygens (including phenoxy) is 3. The Kier molecular flexibility index (Phi) is 6.34. The summed E-state index contributed by atoms with van der Waals surface area (Å²) >= 11 is 0. The maximum atomic E-state index is 12.5. The molecule has 1 atom stereocenters. The predicted molar refractivity (Wildman–Crippen MR) is 114 cm³/mol. The van der Waals surface area contributed by atoms with Gasteiger partial charge in [-0.2, -0.15) is 0 Å². The van der Waals surface area contributed by atoms with Gasteiger partial charge in [0, 0.05) is 30.7 Å². The Labute approximate surface area is 176 Å². The molecule has 0 radical (unpaired) electrons. The van der Waals surface area contributed by atoms with Crippen molar-refractivity contribution in [1.82, 2.24) is 9.88 Å². The normalized spacial score (nSPS) is 16.4. The number of hydrogen-bond donors (Lipinski definition) is 1. The molecular weight excluding hydrogens is 386 g/mol. The van der Waals surface area contributed by atoms with Crippen LogP contribution in [0.4, 0.5) is 10.5 Å². The summed E-state index contributed by atoms with van der Waals surface area (Å²) in [6, 6.07) is 5.52. The minimum Gasteiger partial charge on any atom is -0.494 e. The van der Waals surface area contributed by atoms with Crippen LogP contribution in [0, 0.1) is 0 Å². The third-order valence-electron chi connectivity index (χ3n) is 4.76. The quantitative estimate of drug-likeness (QED) is 0.742. The summed E-state index contributed by atoms with van der Waals surface area (Å²) in [5, 5.41) is 4.20. The van der Waals surface area contributed by atoms with Crippen LogP contribution < -0.4 is 10.1 Å². The Morgan fingerprint density at radius 3 is 2.73 bits per heavy atom. The van der Waals surface area contributed by atoms with Gasteiger partial charge in [-0.1, -0.05) is 12.1 Å². The number of fused-ring (bicyclic) bond motifs is 1. The van der Waals surface area contributed by atoms with Crippen molar-refractivity contribution in [2.45, 2.75) is 45.8 Å². The zero-order valence-corrected chi connectivity index (χ0v) is 18.2. The Bertz CT molecular complexity index is 938. The lowest BCUT2D eigenvalue weighted by Gasteiger charge is -2.25. The topological polar surface area (TPSA) is 90.0 Å². The molecule has 30 heavy (non-hydrogen) atoms. The molecule has 1 fully saturated rings. The Balaban J connectivity index is 1.90. The smallest absolute Gasteiger partial charge is 0.410 e. The third kappa shape index (κ3) is 4.75. The molecule has 2 aromatic rings. The highest BCUT2D eigenvalue weighted by atomic mass is 16.6. The number of nitrogens with one attached hydrogen (secondary N) is 1. The van der Waals surface area contributed by atoms with Crippen molar-refractivity contribution in [2.75, 3.05) is 32.1 Å². The van der Waals surface area contributed by atoms with E-state index in [0.29, 0.717) is 35.6 Å². The number of hydrogen-bond acceptors (Lipinski definition) is 7. The second-order valence-corrected chi connectivity index (χ2v) is 8.18. The zero-order chi connectivity index (χ0) is 21.9. The van der Waals surface area contributed by atoms with Gasteiger partial charge in [-0.25, -0.2) is 9.59 Å². The zero-order valence-electron chi connectivity index (χ0n) is 18.2. The number of carbonyl (C=O) groups excluding carboxylic acids is 2. The fourth-order valence-corrected chi connectivity index (χ4v) is 3.45. The van der Waals surface area contributed by atoms with Crippen LogP contribution >= 0.6 is 0 Å². The van der Waals surface area contributed by atoms with Gasteiger partial charge in [-0.15, -0.1) is 0 Å². The van der Waals surface area contributed by atoms with Crippen LogP contribution in [0.1, 0.15) is 44.5 Å². The Morgan fingerprint density at radius 2 is 2.07 bits per heavy atom. The monoisotopic (exact) mass is 415 g/mol. The molecule has 3 rings (SSSR count). The molecule has 162 valence electrons. The maximum absolute atomic E-state index is 12.5. The number of benzene rings is 1. The molecule has 8 nitrogen and oxygen atoms in total. The van der Waals surface area contributed by atoms with Crippen molar-refractivity contribution in [2.24, 2.45) is 0 Å². The van der Waals surface area contributed by atoms with E-state index in [1.807, 2.05) is 39.0 Å². The minimum atomic E-state index is -0.544. The number of nitrogens with zero attached hydrogens (tertiary/aromatic N) is 2. The van der Waals surface area contributed by atoms with Gasteiger partial charge in [-0.3, -0.25) is 4.98 Å². The molecule has 0 bridgehead atoms. The molecule has 0 saturated carbocycles. The molecule has 1 N–H and O–H groups in total. The van der Waals surface area contributed by atoms with Crippen LogP contribution in [-0.2, 0) is 9.47 Å². The molecule has 1 aliphatic heterocycles. The van der Waals surface area contributed by atoms with E-state index in [4.69, 9.17) is 14.2 Å². The van der Waals surface area contributed by atoms with Gasteiger partial charge in [0.25, 0.3) is 0 Å². The lowest BCUT2D eigenvalue weighted by molar-refractivity contribution is 0.0293. The van der Waals surface area contributed by atoms with E-state index in [1.54, 1.807) is 18.9 Å². The number of rotatable bonds is 5. The van der Waals surface area contributed by atoms with Crippen LogP contribution in [0.3, 0.4) is 0 Å². The average Bonchev–Trinajstić information content (AvgIpc) is 3.15. The van der Waals surface area contributed by atoms with E-state index < -0.39 is 11.6 Å². The number of esters is 1. The van der Waals surface area contributed by atoms with Gasteiger partial charge in [0.15, 0.2) is 0 Å². The summed E-state index contributed by atoms with van der Waals surface area (Å²) in [6.45, 7) is 8.62. The van der Waals surface area contributed by atoms with Crippen LogP contribution in [0.5, 0.6) is 5.75 Å². The second kappa shape index (κ2) is 8.77. The second-order valence-electron chi connectivity index (χ2n) is 8.18. The van der Waals surface area contributed by atoms with E-state index in [2.05, 4.69) is 10.3 Å². The Hall–Kier alpha value is -3.03. The van der Waals surface area contributed by atoms with E-state index in [1.165, 1.54) is 6.20 Å². The average molecular weight is 415 g/mol. The van der Waals surface area contributed by atoms with Crippen molar-refractivity contribution < 1.29 is 23.8 Å². The number of carbonyl (C=O) groups is 2. The van der Waals surface area contributed by atoms with Crippen molar-refractivity contribution in [3.05, 3.63) is 30.0 Å². The standard InChI is InChI=1S/C22H29N3O5/c1-6-29-20(26)16-12-23-19-15(8-7-9-17(19)28-5)18(16)24-14-10-11-25(13-14)21(27)30-22(2,3)4/h7-9,12,14H,6,10-11,13H2,1-5H3,(H,23,24)/t14-/m0/s1. The lowest BCUT2D eigenvalue weighted by Crippen LogP contribution is -2.36. The SMILES string of the molecule is CCOC(=O)c1cnc2c(OC)cccc2c1N[C@H]1CCN(C(=O)OC(C)(C)C)C1. The first kappa shape index (κ1) is 21.7. The first-order valence-electron chi connectivity index (χ1n) is 10.1. The number of likely N-dealkylation sites (tertiary alicyclic amines) is 1. The number of amides is 1. The molecule has 1 aromatic heterocycles. The summed E-state index contributed by atoms with van der Waals surface area (Å²) in [4.78, 5) is 31.0. The maximum Gasteiger partial charge on any atom is 0.410 e. The van der Waals surface area contributed by atoms with Gasteiger partial charge >= 0.3 is 12.1 Å². The molecule has 1 aliphatic rings. The van der Waals surface area contributed by atoms with Gasteiger partial charge in [0.1, 0.15) is 22.4 Å². The first-order valence-corrected chi connectivity index (χ1v) is 10.1. The highest BCUT2D eigenvalue weighted by Gasteiger charge is 2.31. The van der Waals surface area contributed by atoms with Gasteiger partial charge in [-0.05, 0) is 40.2 Å². The molecule has 0 unspecified atom stereocenters. The summed E-state index contributed by atoms with van der Waals surface area (Å²) in [6.07, 6.45) is 1.90. The molecular formula is C22H29N3O5. The van der Waals surface area contributed by atoms with Crippen molar-refractivity contribution >= 4 is 28.7 Å². The molecule has 1 amide bonds. The molecule has 0 spiro atoms. The fourth-order valence-electron chi connectivity index (χ4n) is 3.45. The van der Waals surface area contributed by atoms with Crippen LogP contribution in [0.2, 0.25) is 0 Å². The highest BCUT2D eigenvalue weighted by Crippen LogP contribution is 2.33. The molecule has 2 heterocycles. The lowest BCUT2D eigenvalue weighted by atomic mass is 10.1.